The minimum atomic E-state index is -0.303. The number of hydrogen-bond acceptors (Lipinski definition) is 2. The Bertz CT molecular complexity index is 357. The van der Waals surface area contributed by atoms with Crippen LogP contribution >= 0.6 is 15.9 Å². The molecule has 1 aromatic rings. The zero-order valence-corrected chi connectivity index (χ0v) is 9.93. The van der Waals surface area contributed by atoms with Crippen molar-refractivity contribution in [2.75, 3.05) is 5.32 Å². The number of halogens is 1. The third-order valence-corrected chi connectivity index (χ3v) is 2.58. The molecule has 0 spiro atoms. The van der Waals surface area contributed by atoms with Gasteiger partial charge < -0.3 is 5.32 Å². The highest BCUT2D eigenvalue weighted by Crippen LogP contribution is 2.19. The van der Waals surface area contributed by atoms with Gasteiger partial charge in [-0.3, -0.25) is 4.98 Å². The van der Waals surface area contributed by atoms with Crippen LogP contribution in [0.3, 0.4) is 0 Å². The molecule has 1 atom stereocenters. The number of nitrogens with zero attached hydrogens (tertiary/aromatic N) is 1. The largest absolute Gasteiger partial charge is 0.368 e. The molecule has 1 aromatic heterocycles. The molecule has 0 aliphatic carbocycles. The lowest BCUT2D eigenvalue weighted by atomic mass is 10.00. The van der Waals surface area contributed by atoms with Crippen molar-refractivity contribution in [2.45, 2.75) is 25.8 Å². The molecule has 3 heteroatoms. The first-order valence-electron chi connectivity index (χ1n) is 4.46. The number of aromatic nitrogens is 1. The van der Waals surface area contributed by atoms with Crippen LogP contribution in [-0.4, -0.2) is 10.5 Å². The summed E-state index contributed by atoms with van der Waals surface area (Å²) in [6.45, 7) is 4.05. The number of pyridine rings is 1. The molecular weight excluding hydrogens is 240 g/mol. The van der Waals surface area contributed by atoms with Gasteiger partial charge in [0, 0.05) is 10.7 Å². The van der Waals surface area contributed by atoms with Gasteiger partial charge in [0.25, 0.3) is 0 Å². The average Bonchev–Trinajstić information content (AvgIpc) is 2.18. The van der Waals surface area contributed by atoms with Gasteiger partial charge in [-0.15, -0.1) is 6.42 Å². The second-order valence-electron chi connectivity index (χ2n) is 3.35. The molecule has 0 aliphatic heterocycles. The lowest BCUT2D eigenvalue weighted by Crippen LogP contribution is -2.31. The van der Waals surface area contributed by atoms with Crippen LogP contribution in [0, 0.1) is 12.3 Å². The summed E-state index contributed by atoms with van der Waals surface area (Å²) in [5.41, 5.74) is 0.629. The highest BCUT2D eigenvalue weighted by Gasteiger charge is 2.17. The second-order valence-corrected chi connectivity index (χ2v) is 4.26. The molecule has 0 bridgehead atoms. The molecule has 0 amide bonds. The maximum absolute atomic E-state index is 5.46. The molecule has 0 fully saturated rings. The molecule has 1 N–H and O–H groups in total. The van der Waals surface area contributed by atoms with Crippen molar-refractivity contribution in [3.63, 3.8) is 0 Å². The van der Waals surface area contributed by atoms with Crippen molar-refractivity contribution in [3.8, 4) is 12.3 Å². The van der Waals surface area contributed by atoms with Gasteiger partial charge in [0.2, 0.25) is 0 Å². The SMILES string of the molecule is C#CC(C)(CC)Nc1cncc(Br)c1. The fourth-order valence-electron chi connectivity index (χ4n) is 1.03. The van der Waals surface area contributed by atoms with Crippen LogP contribution in [0.5, 0.6) is 0 Å². The van der Waals surface area contributed by atoms with Crippen LogP contribution in [0.4, 0.5) is 5.69 Å². The summed E-state index contributed by atoms with van der Waals surface area (Å²) in [5, 5.41) is 3.27. The van der Waals surface area contributed by atoms with Crippen molar-refractivity contribution in [1.29, 1.82) is 0 Å². The summed E-state index contributed by atoms with van der Waals surface area (Å²) in [5.74, 6) is 2.74. The Kier molecular flexibility index (Phi) is 3.54. The number of anilines is 1. The van der Waals surface area contributed by atoms with Gasteiger partial charge in [-0.05, 0) is 35.3 Å². The predicted molar refractivity (Wildman–Crippen MR) is 63.1 cm³/mol. The van der Waals surface area contributed by atoms with Crippen molar-refractivity contribution in [1.82, 2.24) is 4.98 Å². The van der Waals surface area contributed by atoms with Crippen LogP contribution in [0.2, 0.25) is 0 Å². The molecule has 74 valence electrons. The summed E-state index contributed by atoms with van der Waals surface area (Å²) < 4.78 is 0.943. The maximum Gasteiger partial charge on any atom is 0.0953 e. The quantitative estimate of drug-likeness (QED) is 0.837. The Morgan fingerprint density at radius 3 is 2.86 bits per heavy atom. The van der Waals surface area contributed by atoms with E-state index in [1.807, 2.05) is 13.0 Å². The first-order chi connectivity index (χ1) is 6.59. The molecule has 0 radical (unpaired) electrons. The smallest absolute Gasteiger partial charge is 0.0953 e. The normalized spacial score (nSPS) is 14.1. The Labute approximate surface area is 93.3 Å². The first kappa shape index (κ1) is 11.1. The molecule has 0 saturated heterocycles. The van der Waals surface area contributed by atoms with E-state index in [2.05, 4.69) is 39.1 Å². The van der Waals surface area contributed by atoms with Crippen molar-refractivity contribution < 1.29 is 0 Å². The summed E-state index contributed by atoms with van der Waals surface area (Å²) in [4.78, 5) is 4.06. The van der Waals surface area contributed by atoms with Crippen LogP contribution in [0.1, 0.15) is 20.3 Å². The van der Waals surface area contributed by atoms with E-state index in [4.69, 9.17) is 6.42 Å². The van der Waals surface area contributed by atoms with Crippen LogP contribution < -0.4 is 5.32 Å². The lowest BCUT2D eigenvalue weighted by Gasteiger charge is -2.24. The van der Waals surface area contributed by atoms with Crippen LogP contribution in [-0.2, 0) is 0 Å². The van der Waals surface area contributed by atoms with Crippen LogP contribution in [0.15, 0.2) is 22.9 Å². The van der Waals surface area contributed by atoms with Gasteiger partial charge in [0.1, 0.15) is 0 Å². The highest BCUT2D eigenvalue weighted by atomic mass is 79.9. The van der Waals surface area contributed by atoms with E-state index < -0.39 is 0 Å². The van der Waals surface area contributed by atoms with Gasteiger partial charge in [0.05, 0.1) is 17.4 Å². The number of hydrogen-bond donors (Lipinski definition) is 1. The van der Waals surface area contributed by atoms with Crippen LogP contribution in [0.25, 0.3) is 0 Å². The Morgan fingerprint density at radius 1 is 1.64 bits per heavy atom. The van der Waals surface area contributed by atoms with E-state index in [1.54, 1.807) is 12.4 Å². The Balaban J connectivity index is 2.84. The Hall–Kier alpha value is -1.01. The van der Waals surface area contributed by atoms with E-state index in [1.165, 1.54) is 0 Å². The molecule has 0 saturated carbocycles. The molecule has 0 aliphatic rings. The predicted octanol–water partition coefficient (Wildman–Crippen LogP) is 3.06. The zero-order chi connectivity index (χ0) is 10.6. The number of rotatable bonds is 3. The minimum absolute atomic E-state index is 0.303. The average molecular weight is 253 g/mol. The van der Waals surface area contributed by atoms with Crippen molar-refractivity contribution in [3.05, 3.63) is 22.9 Å². The molecule has 0 aromatic carbocycles. The Morgan fingerprint density at radius 2 is 2.36 bits per heavy atom. The van der Waals surface area contributed by atoms with E-state index in [0.717, 1.165) is 16.6 Å². The maximum atomic E-state index is 5.46. The minimum Gasteiger partial charge on any atom is -0.368 e. The molecule has 14 heavy (non-hydrogen) atoms. The van der Waals surface area contributed by atoms with Crippen molar-refractivity contribution in [2.24, 2.45) is 0 Å². The second kappa shape index (κ2) is 4.47. The molecule has 1 heterocycles. The highest BCUT2D eigenvalue weighted by molar-refractivity contribution is 9.10. The summed E-state index contributed by atoms with van der Waals surface area (Å²) >= 11 is 3.36. The fourth-order valence-corrected chi connectivity index (χ4v) is 1.39. The zero-order valence-electron chi connectivity index (χ0n) is 8.34. The molecular formula is C11H13BrN2. The first-order valence-corrected chi connectivity index (χ1v) is 5.25. The van der Waals surface area contributed by atoms with Gasteiger partial charge in [-0.2, -0.15) is 0 Å². The van der Waals surface area contributed by atoms with Gasteiger partial charge in [-0.1, -0.05) is 12.8 Å². The van der Waals surface area contributed by atoms with Gasteiger partial charge >= 0.3 is 0 Å². The van der Waals surface area contributed by atoms with Gasteiger partial charge in [-0.25, -0.2) is 0 Å². The molecule has 2 nitrogen and oxygen atoms in total. The standard InChI is InChI=1S/C11H13BrN2/c1-4-11(3,5-2)14-10-6-9(12)7-13-8-10/h1,6-8,14H,5H2,2-3H3. The monoisotopic (exact) mass is 252 g/mol. The third-order valence-electron chi connectivity index (χ3n) is 2.15. The summed E-state index contributed by atoms with van der Waals surface area (Å²) in [6, 6.07) is 1.96. The molecule has 1 unspecified atom stereocenters. The van der Waals surface area contributed by atoms with E-state index in [-0.39, 0.29) is 5.54 Å². The summed E-state index contributed by atoms with van der Waals surface area (Å²) in [6.07, 6.45) is 9.83. The van der Waals surface area contributed by atoms with E-state index in [9.17, 15) is 0 Å². The van der Waals surface area contributed by atoms with Gasteiger partial charge in [0.15, 0.2) is 0 Å². The van der Waals surface area contributed by atoms with E-state index in [0.29, 0.717) is 0 Å². The molecule has 1 rings (SSSR count). The summed E-state index contributed by atoms with van der Waals surface area (Å²) in [7, 11) is 0. The van der Waals surface area contributed by atoms with E-state index >= 15 is 0 Å². The number of terminal acetylenes is 1. The third kappa shape index (κ3) is 2.74. The topological polar surface area (TPSA) is 24.9 Å². The fraction of sp³-hybridized carbons (Fsp3) is 0.364. The van der Waals surface area contributed by atoms with Crippen molar-refractivity contribution >= 4 is 21.6 Å². The lowest BCUT2D eigenvalue weighted by molar-refractivity contribution is 0.635. The number of nitrogens with one attached hydrogen (secondary N) is 1.